The number of carbonyl (C=O) groups excluding carboxylic acids is 1. The van der Waals surface area contributed by atoms with E-state index in [-0.39, 0.29) is 11.4 Å². The van der Waals surface area contributed by atoms with Crippen molar-refractivity contribution in [3.8, 4) is 0 Å². The summed E-state index contributed by atoms with van der Waals surface area (Å²) in [4.78, 5) is 11.7. The number of aromatic nitrogens is 3. The first-order valence-electron chi connectivity index (χ1n) is 7.36. The molecule has 2 rings (SSSR count). The monoisotopic (exact) mass is 276 g/mol. The van der Waals surface area contributed by atoms with E-state index in [4.69, 9.17) is 0 Å². The summed E-state index contributed by atoms with van der Waals surface area (Å²) in [6, 6.07) is 0.474. The van der Waals surface area contributed by atoms with Crippen molar-refractivity contribution in [3.05, 3.63) is 18.0 Å². The highest BCUT2D eigenvalue weighted by Gasteiger charge is 2.16. The second kappa shape index (κ2) is 6.20. The molecule has 0 spiro atoms. The topological polar surface area (TPSA) is 59.8 Å². The van der Waals surface area contributed by atoms with E-state index in [1.165, 1.54) is 38.2 Å². The third-order valence-corrected chi connectivity index (χ3v) is 3.38. The summed E-state index contributed by atoms with van der Waals surface area (Å²) in [6.07, 6.45) is 11.4. The van der Waals surface area contributed by atoms with Crippen molar-refractivity contribution in [2.75, 3.05) is 0 Å². The SMILES string of the molecule is CC(C)(C)NC(=O)/C=C\c1cn(C2CCCCC2)nn1. The van der Waals surface area contributed by atoms with Crippen LogP contribution in [0.5, 0.6) is 0 Å². The van der Waals surface area contributed by atoms with Crippen LogP contribution in [-0.2, 0) is 4.79 Å². The Kier molecular flexibility index (Phi) is 4.57. The van der Waals surface area contributed by atoms with E-state index in [1.54, 1.807) is 6.08 Å². The number of rotatable bonds is 3. The number of nitrogens with zero attached hydrogens (tertiary/aromatic N) is 3. The molecule has 5 heteroatoms. The number of amides is 1. The maximum atomic E-state index is 11.7. The van der Waals surface area contributed by atoms with Crippen LogP contribution in [0.3, 0.4) is 0 Å². The van der Waals surface area contributed by atoms with Crippen LogP contribution >= 0.6 is 0 Å². The van der Waals surface area contributed by atoms with E-state index in [9.17, 15) is 4.79 Å². The lowest BCUT2D eigenvalue weighted by Crippen LogP contribution is -2.39. The molecule has 1 aromatic rings. The average molecular weight is 276 g/mol. The van der Waals surface area contributed by atoms with Crippen LogP contribution in [0, 0.1) is 0 Å². The van der Waals surface area contributed by atoms with Crippen molar-refractivity contribution in [2.24, 2.45) is 0 Å². The quantitative estimate of drug-likeness (QED) is 0.863. The third kappa shape index (κ3) is 4.47. The molecule has 1 aromatic heterocycles. The van der Waals surface area contributed by atoms with E-state index < -0.39 is 0 Å². The van der Waals surface area contributed by atoms with Crippen LogP contribution in [0.15, 0.2) is 12.3 Å². The lowest BCUT2D eigenvalue weighted by molar-refractivity contribution is -0.117. The fourth-order valence-electron chi connectivity index (χ4n) is 2.46. The minimum absolute atomic E-state index is 0.107. The summed E-state index contributed by atoms with van der Waals surface area (Å²) in [7, 11) is 0. The lowest BCUT2D eigenvalue weighted by atomic mass is 9.96. The molecule has 0 saturated heterocycles. The number of nitrogens with one attached hydrogen (secondary N) is 1. The van der Waals surface area contributed by atoms with Gasteiger partial charge in [0.1, 0.15) is 5.69 Å². The van der Waals surface area contributed by atoms with Gasteiger partial charge in [-0.25, -0.2) is 4.68 Å². The van der Waals surface area contributed by atoms with Crippen LogP contribution in [0.1, 0.15) is 64.6 Å². The largest absolute Gasteiger partial charge is 0.348 e. The van der Waals surface area contributed by atoms with Gasteiger partial charge in [0, 0.05) is 11.6 Å². The second-order valence-electron chi connectivity index (χ2n) is 6.49. The molecule has 0 unspecified atom stereocenters. The second-order valence-corrected chi connectivity index (χ2v) is 6.49. The molecule has 0 aliphatic heterocycles. The van der Waals surface area contributed by atoms with Gasteiger partial charge in [-0.1, -0.05) is 24.5 Å². The molecular formula is C15H24N4O. The summed E-state index contributed by atoms with van der Waals surface area (Å²) in [5.41, 5.74) is 0.515. The molecule has 5 nitrogen and oxygen atoms in total. The van der Waals surface area contributed by atoms with Crippen LogP contribution in [-0.4, -0.2) is 26.4 Å². The Morgan fingerprint density at radius 2 is 2.05 bits per heavy atom. The van der Waals surface area contributed by atoms with Gasteiger partial charge >= 0.3 is 0 Å². The van der Waals surface area contributed by atoms with Crippen molar-refractivity contribution in [1.82, 2.24) is 20.3 Å². The lowest BCUT2D eigenvalue weighted by Gasteiger charge is -2.20. The van der Waals surface area contributed by atoms with Crippen LogP contribution in [0.4, 0.5) is 0 Å². The summed E-state index contributed by atoms with van der Waals surface area (Å²) in [6.45, 7) is 5.87. The molecule has 0 radical (unpaired) electrons. The van der Waals surface area contributed by atoms with Gasteiger partial charge in [-0.3, -0.25) is 4.79 Å². The van der Waals surface area contributed by atoms with Crippen molar-refractivity contribution >= 4 is 12.0 Å². The highest BCUT2D eigenvalue weighted by atomic mass is 16.1. The highest BCUT2D eigenvalue weighted by Crippen LogP contribution is 2.27. The van der Waals surface area contributed by atoms with Crippen LogP contribution in [0.25, 0.3) is 6.08 Å². The predicted molar refractivity (Wildman–Crippen MR) is 79.1 cm³/mol. The fraction of sp³-hybridized carbons (Fsp3) is 0.667. The van der Waals surface area contributed by atoms with Crippen molar-refractivity contribution < 1.29 is 4.79 Å². The van der Waals surface area contributed by atoms with E-state index in [0.29, 0.717) is 6.04 Å². The maximum Gasteiger partial charge on any atom is 0.244 e. The molecule has 1 fully saturated rings. The molecule has 0 bridgehead atoms. The molecule has 1 heterocycles. The number of carbonyl (C=O) groups is 1. The van der Waals surface area contributed by atoms with Gasteiger partial charge in [0.05, 0.1) is 12.2 Å². The average Bonchev–Trinajstić information content (AvgIpc) is 2.84. The van der Waals surface area contributed by atoms with Crippen LogP contribution in [0.2, 0.25) is 0 Å². The first-order chi connectivity index (χ1) is 9.44. The predicted octanol–water partition coefficient (Wildman–Crippen LogP) is 2.71. The zero-order chi connectivity index (χ0) is 14.6. The molecule has 20 heavy (non-hydrogen) atoms. The maximum absolute atomic E-state index is 11.7. The highest BCUT2D eigenvalue weighted by molar-refractivity contribution is 5.91. The Hall–Kier alpha value is -1.65. The molecule has 0 atom stereocenters. The fourth-order valence-corrected chi connectivity index (χ4v) is 2.46. The Morgan fingerprint density at radius 1 is 1.35 bits per heavy atom. The molecule has 1 N–H and O–H groups in total. The van der Waals surface area contributed by atoms with Gasteiger partial charge in [-0.05, 0) is 39.7 Å². The zero-order valence-corrected chi connectivity index (χ0v) is 12.6. The summed E-state index contributed by atoms with van der Waals surface area (Å²) >= 11 is 0. The molecule has 1 aliphatic rings. The first-order valence-corrected chi connectivity index (χ1v) is 7.36. The van der Waals surface area contributed by atoms with E-state index in [1.807, 2.05) is 31.6 Å². The van der Waals surface area contributed by atoms with Gasteiger partial charge in [-0.15, -0.1) is 5.10 Å². The minimum Gasteiger partial charge on any atom is -0.348 e. The summed E-state index contributed by atoms with van der Waals surface area (Å²) in [5, 5.41) is 11.2. The normalized spacial score (nSPS) is 17.6. The Morgan fingerprint density at radius 3 is 2.70 bits per heavy atom. The summed E-state index contributed by atoms with van der Waals surface area (Å²) < 4.78 is 1.94. The molecule has 0 aromatic carbocycles. The molecule has 1 amide bonds. The Labute approximate surface area is 120 Å². The van der Waals surface area contributed by atoms with Crippen LogP contribution < -0.4 is 5.32 Å². The van der Waals surface area contributed by atoms with E-state index in [0.717, 1.165) is 5.69 Å². The van der Waals surface area contributed by atoms with Crippen molar-refractivity contribution in [2.45, 2.75) is 64.5 Å². The molecule has 1 saturated carbocycles. The van der Waals surface area contributed by atoms with Gasteiger partial charge in [0.15, 0.2) is 0 Å². The van der Waals surface area contributed by atoms with Gasteiger partial charge in [0.2, 0.25) is 5.91 Å². The van der Waals surface area contributed by atoms with Gasteiger partial charge in [-0.2, -0.15) is 0 Å². The first kappa shape index (κ1) is 14.8. The minimum atomic E-state index is -0.221. The standard InChI is InChI=1S/C15H24N4O/c1-15(2,3)16-14(20)10-9-12-11-19(18-17-12)13-7-5-4-6-8-13/h9-11,13H,4-8H2,1-3H3,(H,16,20)/b10-9-. The van der Waals surface area contributed by atoms with Gasteiger partial charge < -0.3 is 5.32 Å². The number of hydrogen-bond donors (Lipinski definition) is 1. The number of hydrogen-bond acceptors (Lipinski definition) is 3. The van der Waals surface area contributed by atoms with Crippen molar-refractivity contribution in [1.29, 1.82) is 0 Å². The van der Waals surface area contributed by atoms with E-state index in [2.05, 4.69) is 15.6 Å². The smallest absolute Gasteiger partial charge is 0.244 e. The van der Waals surface area contributed by atoms with Crippen molar-refractivity contribution in [3.63, 3.8) is 0 Å². The van der Waals surface area contributed by atoms with Gasteiger partial charge in [0.25, 0.3) is 0 Å². The molecule has 1 aliphatic carbocycles. The third-order valence-electron chi connectivity index (χ3n) is 3.38. The molecular weight excluding hydrogens is 252 g/mol. The molecule has 110 valence electrons. The van der Waals surface area contributed by atoms with E-state index >= 15 is 0 Å². The summed E-state index contributed by atoms with van der Waals surface area (Å²) in [5.74, 6) is -0.107. The Bertz CT molecular complexity index is 478. The zero-order valence-electron chi connectivity index (χ0n) is 12.6. The Balaban J connectivity index is 1.93.